The zero-order chi connectivity index (χ0) is 14.2. The highest BCUT2D eigenvalue weighted by molar-refractivity contribution is 5.91. The van der Waals surface area contributed by atoms with Crippen LogP contribution in [0.1, 0.15) is 11.1 Å². The largest absolute Gasteiger partial charge is 0.352 e. The second-order valence-electron chi connectivity index (χ2n) is 4.26. The standard InChI is InChI=1S/C16H15FN2O/c17-15-6-2-1-5-14(15)7-8-16(20)19-11-9-13-4-3-10-18-12-13/h1-8,10,12H,9,11H2,(H,19,20). The monoisotopic (exact) mass is 270 g/mol. The van der Waals surface area contributed by atoms with Crippen LogP contribution in [0.15, 0.2) is 54.9 Å². The van der Waals surface area contributed by atoms with E-state index in [1.807, 2.05) is 12.1 Å². The lowest BCUT2D eigenvalue weighted by Crippen LogP contribution is -2.23. The van der Waals surface area contributed by atoms with Gasteiger partial charge in [-0.25, -0.2) is 4.39 Å². The predicted octanol–water partition coefficient (Wildman–Crippen LogP) is 2.59. The Hall–Kier alpha value is -2.49. The van der Waals surface area contributed by atoms with Crippen LogP contribution in [0.5, 0.6) is 0 Å². The fourth-order valence-corrected chi connectivity index (χ4v) is 1.71. The predicted molar refractivity (Wildman–Crippen MR) is 76.4 cm³/mol. The first-order valence-corrected chi connectivity index (χ1v) is 6.35. The molecule has 20 heavy (non-hydrogen) atoms. The topological polar surface area (TPSA) is 42.0 Å². The lowest BCUT2D eigenvalue weighted by atomic mass is 10.2. The second-order valence-corrected chi connectivity index (χ2v) is 4.26. The Bertz CT molecular complexity index is 596. The number of rotatable bonds is 5. The van der Waals surface area contributed by atoms with Crippen molar-refractivity contribution in [1.82, 2.24) is 10.3 Å². The smallest absolute Gasteiger partial charge is 0.244 e. The molecule has 102 valence electrons. The minimum atomic E-state index is -0.341. The van der Waals surface area contributed by atoms with Gasteiger partial charge in [0, 0.05) is 30.6 Å². The minimum Gasteiger partial charge on any atom is -0.352 e. The van der Waals surface area contributed by atoms with Crippen molar-refractivity contribution in [2.24, 2.45) is 0 Å². The van der Waals surface area contributed by atoms with Gasteiger partial charge in [-0.2, -0.15) is 0 Å². The van der Waals surface area contributed by atoms with Crippen LogP contribution in [-0.4, -0.2) is 17.4 Å². The summed E-state index contributed by atoms with van der Waals surface area (Å²) in [5.74, 6) is -0.580. The van der Waals surface area contributed by atoms with E-state index in [4.69, 9.17) is 0 Å². The summed E-state index contributed by atoms with van der Waals surface area (Å²) in [7, 11) is 0. The fraction of sp³-hybridized carbons (Fsp3) is 0.125. The molecule has 2 aromatic rings. The number of nitrogens with zero attached hydrogens (tertiary/aromatic N) is 1. The van der Waals surface area contributed by atoms with Gasteiger partial charge in [-0.15, -0.1) is 0 Å². The molecule has 1 aromatic carbocycles. The molecule has 0 aliphatic rings. The SMILES string of the molecule is O=C(C=Cc1ccccc1F)NCCc1cccnc1. The van der Waals surface area contributed by atoms with Crippen LogP contribution in [0.3, 0.4) is 0 Å². The van der Waals surface area contributed by atoms with E-state index in [1.165, 1.54) is 18.2 Å². The average molecular weight is 270 g/mol. The highest BCUT2D eigenvalue weighted by atomic mass is 19.1. The van der Waals surface area contributed by atoms with Gasteiger partial charge in [0.15, 0.2) is 0 Å². The van der Waals surface area contributed by atoms with Gasteiger partial charge in [0.05, 0.1) is 0 Å². The van der Waals surface area contributed by atoms with Crippen molar-refractivity contribution in [2.45, 2.75) is 6.42 Å². The van der Waals surface area contributed by atoms with Crippen molar-refractivity contribution in [3.63, 3.8) is 0 Å². The van der Waals surface area contributed by atoms with Crippen LogP contribution in [0.4, 0.5) is 4.39 Å². The van der Waals surface area contributed by atoms with E-state index < -0.39 is 0 Å². The van der Waals surface area contributed by atoms with Gasteiger partial charge < -0.3 is 5.32 Å². The number of amides is 1. The molecular formula is C16H15FN2O. The molecular weight excluding hydrogens is 255 g/mol. The Kier molecular flexibility index (Phi) is 5.00. The van der Waals surface area contributed by atoms with Gasteiger partial charge in [0.25, 0.3) is 0 Å². The maximum absolute atomic E-state index is 13.3. The van der Waals surface area contributed by atoms with Gasteiger partial charge in [-0.3, -0.25) is 9.78 Å². The number of carbonyl (C=O) groups is 1. The molecule has 4 heteroatoms. The Morgan fingerprint density at radius 1 is 1.25 bits per heavy atom. The fourth-order valence-electron chi connectivity index (χ4n) is 1.71. The van der Waals surface area contributed by atoms with Crippen LogP contribution in [0.25, 0.3) is 6.08 Å². The highest BCUT2D eigenvalue weighted by Gasteiger charge is 1.99. The molecule has 0 saturated heterocycles. The number of aromatic nitrogens is 1. The number of halogens is 1. The number of carbonyl (C=O) groups excluding carboxylic acids is 1. The van der Waals surface area contributed by atoms with Crippen LogP contribution >= 0.6 is 0 Å². The molecule has 0 spiro atoms. The summed E-state index contributed by atoms with van der Waals surface area (Å²) < 4.78 is 13.3. The van der Waals surface area contributed by atoms with Gasteiger partial charge in [0.2, 0.25) is 5.91 Å². The molecule has 0 aliphatic heterocycles. The van der Waals surface area contributed by atoms with Crippen molar-refractivity contribution in [2.75, 3.05) is 6.54 Å². The first kappa shape index (κ1) is 13.9. The first-order valence-electron chi connectivity index (χ1n) is 6.35. The third-order valence-electron chi connectivity index (χ3n) is 2.76. The molecule has 1 heterocycles. The maximum atomic E-state index is 13.3. The Balaban J connectivity index is 1.80. The summed E-state index contributed by atoms with van der Waals surface area (Å²) >= 11 is 0. The molecule has 0 bridgehead atoms. The number of pyridine rings is 1. The van der Waals surface area contributed by atoms with Gasteiger partial charge >= 0.3 is 0 Å². The molecule has 1 aromatic heterocycles. The molecule has 0 atom stereocenters. The summed E-state index contributed by atoms with van der Waals surface area (Å²) in [6.45, 7) is 0.520. The van der Waals surface area contributed by atoms with E-state index in [0.29, 0.717) is 18.5 Å². The van der Waals surface area contributed by atoms with Crippen molar-refractivity contribution in [3.8, 4) is 0 Å². The lowest BCUT2D eigenvalue weighted by molar-refractivity contribution is -0.116. The van der Waals surface area contributed by atoms with E-state index in [1.54, 1.807) is 30.6 Å². The Morgan fingerprint density at radius 2 is 2.10 bits per heavy atom. The number of hydrogen-bond acceptors (Lipinski definition) is 2. The normalized spacial score (nSPS) is 10.7. The average Bonchev–Trinajstić information content (AvgIpc) is 2.47. The van der Waals surface area contributed by atoms with Crippen LogP contribution in [-0.2, 0) is 11.2 Å². The Labute approximate surface area is 117 Å². The van der Waals surface area contributed by atoms with Crippen LogP contribution in [0.2, 0.25) is 0 Å². The summed E-state index contributed by atoms with van der Waals surface area (Å²) in [5, 5.41) is 2.74. The highest BCUT2D eigenvalue weighted by Crippen LogP contribution is 2.07. The molecule has 0 radical (unpaired) electrons. The quantitative estimate of drug-likeness (QED) is 0.848. The zero-order valence-electron chi connectivity index (χ0n) is 10.9. The maximum Gasteiger partial charge on any atom is 0.244 e. The van der Waals surface area contributed by atoms with Gasteiger partial charge in [-0.1, -0.05) is 24.3 Å². The third kappa shape index (κ3) is 4.31. The molecule has 1 N–H and O–H groups in total. The van der Waals surface area contributed by atoms with E-state index in [2.05, 4.69) is 10.3 Å². The zero-order valence-corrected chi connectivity index (χ0v) is 10.9. The third-order valence-corrected chi connectivity index (χ3v) is 2.76. The van der Waals surface area contributed by atoms with Crippen LogP contribution in [0, 0.1) is 5.82 Å². The first-order chi connectivity index (χ1) is 9.75. The van der Waals surface area contributed by atoms with E-state index >= 15 is 0 Å². The minimum absolute atomic E-state index is 0.239. The van der Waals surface area contributed by atoms with Crippen molar-refractivity contribution in [3.05, 3.63) is 71.8 Å². The molecule has 2 rings (SSSR count). The van der Waals surface area contributed by atoms with Crippen molar-refractivity contribution in [1.29, 1.82) is 0 Å². The molecule has 1 amide bonds. The van der Waals surface area contributed by atoms with E-state index in [-0.39, 0.29) is 11.7 Å². The second kappa shape index (κ2) is 7.19. The Morgan fingerprint density at radius 3 is 2.85 bits per heavy atom. The number of benzene rings is 1. The van der Waals surface area contributed by atoms with Gasteiger partial charge in [-0.05, 0) is 30.2 Å². The molecule has 3 nitrogen and oxygen atoms in total. The summed E-state index contributed by atoms with van der Waals surface area (Å²) in [6, 6.07) is 10.1. The number of hydrogen-bond donors (Lipinski definition) is 1. The summed E-state index contributed by atoms with van der Waals surface area (Å²) in [5.41, 5.74) is 1.46. The van der Waals surface area contributed by atoms with E-state index in [0.717, 1.165) is 5.56 Å². The molecule has 0 fully saturated rings. The lowest BCUT2D eigenvalue weighted by Gasteiger charge is -2.02. The van der Waals surface area contributed by atoms with Crippen molar-refractivity contribution < 1.29 is 9.18 Å². The summed E-state index contributed by atoms with van der Waals surface area (Å²) in [4.78, 5) is 15.6. The van der Waals surface area contributed by atoms with Gasteiger partial charge in [0.1, 0.15) is 5.82 Å². The molecule has 0 saturated carbocycles. The summed E-state index contributed by atoms with van der Waals surface area (Å²) in [6.07, 6.45) is 6.99. The molecule has 0 aliphatic carbocycles. The van der Waals surface area contributed by atoms with E-state index in [9.17, 15) is 9.18 Å². The van der Waals surface area contributed by atoms with Crippen LogP contribution < -0.4 is 5.32 Å². The number of nitrogens with one attached hydrogen (secondary N) is 1. The van der Waals surface area contributed by atoms with Crippen molar-refractivity contribution >= 4 is 12.0 Å². The molecule has 0 unspecified atom stereocenters.